The maximum absolute atomic E-state index is 12.4. The first kappa shape index (κ1) is 18.9. The lowest BCUT2D eigenvalue weighted by Gasteiger charge is -2.32. The normalized spacial score (nSPS) is 15.0. The van der Waals surface area contributed by atoms with Gasteiger partial charge in [0, 0.05) is 29.7 Å². The van der Waals surface area contributed by atoms with Crippen LogP contribution in [0.2, 0.25) is 10.0 Å². The van der Waals surface area contributed by atoms with E-state index in [-0.39, 0.29) is 6.03 Å². The predicted octanol–water partition coefficient (Wildman–Crippen LogP) is 5.09. The van der Waals surface area contributed by atoms with Crippen molar-refractivity contribution in [2.75, 3.05) is 20.2 Å². The van der Waals surface area contributed by atoms with Crippen LogP contribution < -0.4 is 10.1 Å². The van der Waals surface area contributed by atoms with Gasteiger partial charge in [-0.15, -0.1) is 0 Å². The molecule has 1 aliphatic rings. The van der Waals surface area contributed by atoms with Crippen molar-refractivity contribution in [3.8, 4) is 5.75 Å². The Balaban J connectivity index is 1.50. The van der Waals surface area contributed by atoms with Gasteiger partial charge in [-0.05, 0) is 54.2 Å². The Bertz CT molecular complexity index is 757. The minimum atomic E-state index is -0.0517. The van der Waals surface area contributed by atoms with Gasteiger partial charge in [0.05, 0.1) is 7.11 Å². The maximum atomic E-state index is 12.4. The first-order chi connectivity index (χ1) is 12.6. The zero-order valence-corrected chi connectivity index (χ0v) is 16.2. The van der Waals surface area contributed by atoms with Crippen LogP contribution in [0.5, 0.6) is 5.75 Å². The number of benzene rings is 2. The number of nitrogens with zero attached hydrogens (tertiary/aromatic N) is 1. The molecule has 1 N–H and O–H groups in total. The Morgan fingerprint density at radius 3 is 2.46 bits per heavy atom. The standard InChI is InChI=1S/C20H22Cl2N2O2/c1-26-18-6-3-14(4-7-18)15-8-10-24(11-9-15)20(25)23-13-16-2-5-17(21)12-19(16)22/h2-7,12,15H,8-11,13H2,1H3,(H,23,25). The van der Waals surface area contributed by atoms with E-state index in [1.807, 2.05) is 23.1 Å². The summed E-state index contributed by atoms with van der Waals surface area (Å²) in [7, 11) is 1.67. The molecule has 0 spiro atoms. The number of rotatable bonds is 4. The number of halogens is 2. The van der Waals surface area contributed by atoms with Crippen LogP contribution in [0.1, 0.15) is 29.9 Å². The highest BCUT2D eigenvalue weighted by Gasteiger charge is 2.23. The summed E-state index contributed by atoms with van der Waals surface area (Å²) in [5.74, 6) is 1.35. The quantitative estimate of drug-likeness (QED) is 0.786. The van der Waals surface area contributed by atoms with Crippen LogP contribution in [0.25, 0.3) is 0 Å². The van der Waals surface area contributed by atoms with Gasteiger partial charge >= 0.3 is 6.03 Å². The second-order valence-corrected chi connectivity index (χ2v) is 7.27. The highest BCUT2D eigenvalue weighted by Crippen LogP contribution is 2.29. The fourth-order valence-electron chi connectivity index (χ4n) is 3.24. The van der Waals surface area contributed by atoms with Crippen molar-refractivity contribution in [1.29, 1.82) is 0 Å². The number of carbonyl (C=O) groups excluding carboxylic acids is 1. The molecule has 6 heteroatoms. The number of piperidine rings is 1. The molecular formula is C20H22Cl2N2O2. The van der Waals surface area contributed by atoms with E-state index in [1.54, 1.807) is 19.2 Å². The van der Waals surface area contributed by atoms with Crippen molar-refractivity contribution in [3.63, 3.8) is 0 Å². The summed E-state index contributed by atoms with van der Waals surface area (Å²) < 4.78 is 5.21. The Morgan fingerprint density at radius 2 is 1.85 bits per heavy atom. The smallest absolute Gasteiger partial charge is 0.317 e. The SMILES string of the molecule is COc1ccc(C2CCN(C(=O)NCc3ccc(Cl)cc3Cl)CC2)cc1. The van der Waals surface area contributed by atoms with Gasteiger partial charge in [-0.2, -0.15) is 0 Å². The van der Waals surface area contributed by atoms with E-state index >= 15 is 0 Å². The number of likely N-dealkylation sites (tertiary alicyclic amines) is 1. The molecule has 26 heavy (non-hydrogen) atoms. The fourth-order valence-corrected chi connectivity index (χ4v) is 3.71. The van der Waals surface area contributed by atoms with E-state index in [4.69, 9.17) is 27.9 Å². The second-order valence-electron chi connectivity index (χ2n) is 6.43. The molecule has 0 unspecified atom stereocenters. The van der Waals surface area contributed by atoms with Crippen LogP contribution in [0.3, 0.4) is 0 Å². The monoisotopic (exact) mass is 392 g/mol. The summed E-state index contributed by atoms with van der Waals surface area (Å²) in [6.45, 7) is 1.89. The van der Waals surface area contributed by atoms with Crippen molar-refractivity contribution in [3.05, 3.63) is 63.6 Å². The summed E-state index contributed by atoms with van der Waals surface area (Å²) in [6.07, 6.45) is 1.92. The molecule has 2 aromatic rings. The summed E-state index contributed by atoms with van der Waals surface area (Å²) in [6, 6.07) is 13.4. The number of methoxy groups -OCH3 is 1. The van der Waals surface area contributed by atoms with Crippen LogP contribution >= 0.6 is 23.2 Å². The number of hydrogen-bond acceptors (Lipinski definition) is 2. The molecule has 0 radical (unpaired) electrons. The number of carbonyl (C=O) groups is 1. The largest absolute Gasteiger partial charge is 0.497 e. The molecule has 1 saturated heterocycles. The van der Waals surface area contributed by atoms with Crippen LogP contribution in [-0.4, -0.2) is 31.1 Å². The van der Waals surface area contributed by atoms with E-state index in [0.29, 0.717) is 22.5 Å². The van der Waals surface area contributed by atoms with E-state index in [0.717, 1.165) is 37.2 Å². The molecule has 0 aliphatic carbocycles. The lowest BCUT2D eigenvalue weighted by molar-refractivity contribution is 0.181. The Labute approximate surface area is 164 Å². The maximum Gasteiger partial charge on any atom is 0.317 e. The second kappa shape index (κ2) is 8.65. The highest BCUT2D eigenvalue weighted by atomic mass is 35.5. The molecule has 0 saturated carbocycles. The molecule has 1 aliphatic heterocycles. The van der Waals surface area contributed by atoms with Gasteiger partial charge in [-0.25, -0.2) is 4.79 Å². The van der Waals surface area contributed by atoms with E-state index < -0.39 is 0 Å². The third kappa shape index (κ3) is 4.63. The molecule has 2 aromatic carbocycles. The highest BCUT2D eigenvalue weighted by molar-refractivity contribution is 6.35. The van der Waals surface area contributed by atoms with Crippen molar-refractivity contribution in [1.82, 2.24) is 10.2 Å². The summed E-state index contributed by atoms with van der Waals surface area (Å²) in [5.41, 5.74) is 2.16. The lowest BCUT2D eigenvalue weighted by Crippen LogP contribution is -2.43. The number of urea groups is 1. The van der Waals surface area contributed by atoms with Gasteiger partial charge in [0.15, 0.2) is 0 Å². The topological polar surface area (TPSA) is 41.6 Å². The molecule has 0 bridgehead atoms. The van der Waals surface area contributed by atoms with E-state index in [2.05, 4.69) is 17.4 Å². The summed E-state index contributed by atoms with van der Waals surface area (Å²) in [4.78, 5) is 14.3. The van der Waals surface area contributed by atoms with Gasteiger partial charge in [0.2, 0.25) is 0 Å². The Kier molecular flexibility index (Phi) is 6.28. The van der Waals surface area contributed by atoms with Crippen molar-refractivity contribution >= 4 is 29.2 Å². The first-order valence-electron chi connectivity index (χ1n) is 8.67. The number of hydrogen-bond donors (Lipinski definition) is 1. The first-order valence-corrected chi connectivity index (χ1v) is 9.43. The van der Waals surface area contributed by atoms with Crippen molar-refractivity contribution in [2.45, 2.75) is 25.3 Å². The van der Waals surface area contributed by atoms with Gasteiger partial charge < -0.3 is 15.0 Å². The molecule has 1 heterocycles. The van der Waals surface area contributed by atoms with E-state index in [1.165, 1.54) is 5.56 Å². The molecule has 4 nitrogen and oxygen atoms in total. The Hall–Kier alpha value is -1.91. The number of amides is 2. The molecule has 1 fully saturated rings. The molecule has 0 aromatic heterocycles. The average Bonchev–Trinajstić information content (AvgIpc) is 2.67. The summed E-state index contributed by atoms with van der Waals surface area (Å²) in [5, 5.41) is 4.10. The summed E-state index contributed by atoms with van der Waals surface area (Å²) >= 11 is 12.0. The molecule has 138 valence electrons. The third-order valence-electron chi connectivity index (χ3n) is 4.81. The third-order valence-corrected chi connectivity index (χ3v) is 5.40. The lowest BCUT2D eigenvalue weighted by atomic mass is 9.89. The number of ether oxygens (including phenoxy) is 1. The molecule has 0 atom stereocenters. The van der Waals surface area contributed by atoms with Crippen LogP contribution in [0.4, 0.5) is 4.79 Å². The van der Waals surface area contributed by atoms with Crippen LogP contribution in [0.15, 0.2) is 42.5 Å². The fraction of sp³-hybridized carbons (Fsp3) is 0.350. The molecule has 2 amide bonds. The van der Waals surface area contributed by atoms with Crippen molar-refractivity contribution < 1.29 is 9.53 Å². The molecular weight excluding hydrogens is 371 g/mol. The van der Waals surface area contributed by atoms with Gasteiger partial charge in [-0.3, -0.25) is 0 Å². The minimum absolute atomic E-state index is 0.0517. The molecule has 3 rings (SSSR count). The van der Waals surface area contributed by atoms with Gasteiger partial charge in [-0.1, -0.05) is 41.4 Å². The van der Waals surface area contributed by atoms with Gasteiger partial charge in [0.1, 0.15) is 5.75 Å². The van der Waals surface area contributed by atoms with Crippen LogP contribution in [-0.2, 0) is 6.54 Å². The van der Waals surface area contributed by atoms with Gasteiger partial charge in [0.25, 0.3) is 0 Å². The minimum Gasteiger partial charge on any atom is -0.497 e. The Morgan fingerprint density at radius 1 is 1.15 bits per heavy atom. The zero-order valence-electron chi connectivity index (χ0n) is 14.7. The van der Waals surface area contributed by atoms with E-state index in [9.17, 15) is 4.79 Å². The van der Waals surface area contributed by atoms with Crippen LogP contribution in [0, 0.1) is 0 Å². The zero-order chi connectivity index (χ0) is 18.5. The number of nitrogens with one attached hydrogen (secondary N) is 1. The average molecular weight is 393 g/mol. The predicted molar refractivity (Wildman–Crippen MR) is 105 cm³/mol. The van der Waals surface area contributed by atoms with Crippen molar-refractivity contribution in [2.24, 2.45) is 0 Å².